The van der Waals surface area contributed by atoms with E-state index in [4.69, 9.17) is 0 Å². The maximum Gasteiger partial charge on any atom is 0.257 e. The highest BCUT2D eigenvalue weighted by atomic mass is 19.1. The first kappa shape index (κ1) is 16.4. The minimum Gasteiger partial charge on any atom is -0.335 e. The number of aryl methyl sites for hydroxylation is 2. The first-order chi connectivity index (χ1) is 11.5. The lowest BCUT2D eigenvalue weighted by Gasteiger charge is -2.24. The summed E-state index contributed by atoms with van der Waals surface area (Å²) in [5.74, 6) is -0.859. The number of benzene rings is 1. The van der Waals surface area contributed by atoms with Gasteiger partial charge in [-0.05, 0) is 31.4 Å². The normalized spacial score (nSPS) is 17.3. The summed E-state index contributed by atoms with van der Waals surface area (Å²) in [7, 11) is 1.75. The Labute approximate surface area is 140 Å². The van der Waals surface area contributed by atoms with Crippen molar-refractivity contribution in [1.29, 1.82) is 0 Å². The minimum absolute atomic E-state index is 0.0440. The van der Waals surface area contributed by atoms with Gasteiger partial charge in [-0.25, -0.2) is 4.39 Å². The van der Waals surface area contributed by atoms with Crippen LogP contribution >= 0.6 is 0 Å². The SMILES string of the molecule is Cc1cccc(C(=O)N2CCC[C@@H]2CC(=O)c2cnn(C)c2)c1F. The fourth-order valence-electron chi connectivity index (χ4n) is 3.18. The number of aromatic nitrogens is 2. The number of hydrogen-bond donors (Lipinski definition) is 0. The highest BCUT2D eigenvalue weighted by molar-refractivity contribution is 5.98. The topological polar surface area (TPSA) is 55.2 Å². The Bertz CT molecular complexity index is 784. The van der Waals surface area contributed by atoms with E-state index < -0.39 is 5.82 Å². The fourth-order valence-corrected chi connectivity index (χ4v) is 3.18. The predicted molar refractivity (Wildman–Crippen MR) is 87.4 cm³/mol. The molecule has 0 aliphatic carbocycles. The Balaban J connectivity index is 1.76. The molecular weight excluding hydrogens is 309 g/mol. The number of rotatable bonds is 4. The summed E-state index contributed by atoms with van der Waals surface area (Å²) in [6.07, 6.45) is 5.02. The molecule has 2 aromatic rings. The van der Waals surface area contributed by atoms with Crippen LogP contribution in [0, 0.1) is 12.7 Å². The highest BCUT2D eigenvalue weighted by Crippen LogP contribution is 2.25. The molecule has 1 aliphatic heterocycles. The summed E-state index contributed by atoms with van der Waals surface area (Å²) >= 11 is 0. The first-order valence-corrected chi connectivity index (χ1v) is 8.05. The summed E-state index contributed by atoms with van der Waals surface area (Å²) in [6, 6.07) is 4.63. The van der Waals surface area contributed by atoms with Crippen molar-refractivity contribution >= 4 is 11.7 Å². The monoisotopic (exact) mass is 329 g/mol. The molecule has 1 atom stereocenters. The number of hydrogen-bond acceptors (Lipinski definition) is 3. The number of amides is 1. The second kappa shape index (κ2) is 6.55. The standard InChI is InChI=1S/C18H20FN3O2/c1-12-5-3-7-15(17(12)19)18(24)22-8-4-6-14(22)9-16(23)13-10-20-21(2)11-13/h3,5,7,10-11,14H,4,6,8-9H2,1-2H3/t14-/m1/s1. The lowest BCUT2D eigenvalue weighted by atomic mass is 10.0. The number of carbonyl (C=O) groups is 2. The van der Waals surface area contributed by atoms with E-state index >= 15 is 0 Å². The van der Waals surface area contributed by atoms with Crippen LogP contribution < -0.4 is 0 Å². The molecule has 2 heterocycles. The Morgan fingerprint density at radius 2 is 2.17 bits per heavy atom. The van der Waals surface area contributed by atoms with Crippen molar-refractivity contribution < 1.29 is 14.0 Å². The van der Waals surface area contributed by atoms with Crippen molar-refractivity contribution in [3.63, 3.8) is 0 Å². The second-order valence-electron chi connectivity index (χ2n) is 6.26. The molecule has 1 aromatic carbocycles. The minimum atomic E-state index is -0.480. The number of halogens is 1. The predicted octanol–water partition coefficient (Wildman–Crippen LogP) is 2.75. The highest BCUT2D eigenvalue weighted by Gasteiger charge is 2.32. The largest absolute Gasteiger partial charge is 0.335 e. The molecule has 1 fully saturated rings. The molecule has 3 rings (SSSR count). The number of Topliss-reactive ketones (excluding diaryl/α,β-unsaturated/α-hetero) is 1. The molecule has 1 saturated heterocycles. The zero-order chi connectivity index (χ0) is 17.3. The molecule has 0 bridgehead atoms. The van der Waals surface area contributed by atoms with Gasteiger partial charge >= 0.3 is 0 Å². The van der Waals surface area contributed by atoms with Gasteiger partial charge in [0.2, 0.25) is 0 Å². The van der Waals surface area contributed by atoms with Crippen molar-refractivity contribution in [2.75, 3.05) is 6.54 Å². The van der Waals surface area contributed by atoms with E-state index in [0.717, 1.165) is 12.8 Å². The van der Waals surface area contributed by atoms with Crippen LogP contribution in [0.25, 0.3) is 0 Å². The molecule has 24 heavy (non-hydrogen) atoms. The molecule has 5 nitrogen and oxygen atoms in total. The van der Waals surface area contributed by atoms with Gasteiger partial charge in [0.05, 0.1) is 17.3 Å². The van der Waals surface area contributed by atoms with Gasteiger partial charge in [-0.1, -0.05) is 12.1 Å². The number of ketones is 1. The third kappa shape index (κ3) is 3.09. The van der Waals surface area contributed by atoms with Crippen molar-refractivity contribution in [2.24, 2.45) is 7.05 Å². The van der Waals surface area contributed by atoms with Crippen LogP contribution in [0.5, 0.6) is 0 Å². The van der Waals surface area contributed by atoms with Gasteiger partial charge < -0.3 is 4.90 Å². The molecule has 1 amide bonds. The lowest BCUT2D eigenvalue weighted by molar-refractivity contribution is 0.0712. The third-order valence-corrected chi connectivity index (χ3v) is 4.51. The van der Waals surface area contributed by atoms with Crippen LogP contribution in [0.3, 0.4) is 0 Å². The van der Waals surface area contributed by atoms with Gasteiger partial charge in [0.25, 0.3) is 5.91 Å². The van der Waals surface area contributed by atoms with E-state index in [1.165, 1.54) is 12.3 Å². The molecule has 126 valence electrons. The Morgan fingerprint density at radius 3 is 2.88 bits per heavy atom. The number of nitrogens with zero attached hydrogens (tertiary/aromatic N) is 3. The molecule has 0 spiro atoms. The molecular formula is C18H20FN3O2. The van der Waals surface area contributed by atoms with Gasteiger partial charge in [0.1, 0.15) is 5.82 Å². The van der Waals surface area contributed by atoms with E-state index in [2.05, 4.69) is 5.10 Å². The summed E-state index contributed by atoms with van der Waals surface area (Å²) in [5.41, 5.74) is 1.07. The number of carbonyl (C=O) groups excluding carboxylic acids is 2. The molecule has 1 aliphatic rings. The summed E-state index contributed by atoms with van der Waals surface area (Å²) in [6.45, 7) is 2.19. The average molecular weight is 329 g/mol. The van der Waals surface area contributed by atoms with Crippen molar-refractivity contribution in [3.05, 3.63) is 53.1 Å². The van der Waals surface area contributed by atoms with E-state index in [9.17, 15) is 14.0 Å². The van der Waals surface area contributed by atoms with Gasteiger partial charge in [-0.2, -0.15) is 5.10 Å². The third-order valence-electron chi connectivity index (χ3n) is 4.51. The molecule has 0 radical (unpaired) electrons. The second-order valence-corrected chi connectivity index (χ2v) is 6.26. The summed E-state index contributed by atoms with van der Waals surface area (Å²) in [5, 5.41) is 4.00. The molecule has 0 saturated carbocycles. The van der Waals surface area contributed by atoms with E-state index in [1.54, 1.807) is 41.9 Å². The maximum absolute atomic E-state index is 14.2. The molecule has 6 heteroatoms. The summed E-state index contributed by atoms with van der Waals surface area (Å²) < 4.78 is 15.8. The van der Waals surface area contributed by atoms with Crippen LogP contribution in [-0.4, -0.2) is 39.0 Å². The van der Waals surface area contributed by atoms with Crippen molar-refractivity contribution in [3.8, 4) is 0 Å². The lowest BCUT2D eigenvalue weighted by Crippen LogP contribution is -2.37. The van der Waals surface area contributed by atoms with Gasteiger partial charge in [-0.15, -0.1) is 0 Å². The van der Waals surface area contributed by atoms with E-state index in [1.807, 2.05) is 0 Å². The van der Waals surface area contributed by atoms with Gasteiger partial charge in [0, 0.05) is 32.3 Å². The molecule has 1 aromatic heterocycles. The zero-order valence-corrected chi connectivity index (χ0v) is 13.8. The molecule has 0 N–H and O–H groups in total. The van der Waals surface area contributed by atoms with E-state index in [-0.39, 0.29) is 29.7 Å². The van der Waals surface area contributed by atoms with Crippen LogP contribution in [0.1, 0.15) is 45.5 Å². The van der Waals surface area contributed by atoms with Crippen molar-refractivity contribution in [1.82, 2.24) is 14.7 Å². The maximum atomic E-state index is 14.2. The fraction of sp³-hybridized carbons (Fsp3) is 0.389. The van der Waals surface area contributed by atoms with Crippen LogP contribution in [0.15, 0.2) is 30.6 Å². The van der Waals surface area contributed by atoms with Crippen LogP contribution in [0.2, 0.25) is 0 Å². The zero-order valence-electron chi connectivity index (χ0n) is 13.8. The van der Waals surface area contributed by atoms with Crippen LogP contribution in [0.4, 0.5) is 4.39 Å². The van der Waals surface area contributed by atoms with Crippen LogP contribution in [-0.2, 0) is 7.05 Å². The molecule has 0 unspecified atom stereocenters. The Morgan fingerprint density at radius 1 is 1.38 bits per heavy atom. The van der Waals surface area contributed by atoms with E-state index in [0.29, 0.717) is 17.7 Å². The number of likely N-dealkylation sites (tertiary alicyclic amines) is 1. The average Bonchev–Trinajstić information content (AvgIpc) is 3.18. The first-order valence-electron chi connectivity index (χ1n) is 8.05. The summed E-state index contributed by atoms with van der Waals surface area (Å²) in [4.78, 5) is 26.7. The smallest absolute Gasteiger partial charge is 0.257 e. The van der Waals surface area contributed by atoms with Crippen molar-refractivity contribution in [2.45, 2.75) is 32.2 Å². The Kier molecular flexibility index (Phi) is 4.46. The quantitative estimate of drug-likeness (QED) is 0.811. The van der Waals surface area contributed by atoms with Gasteiger partial charge in [-0.3, -0.25) is 14.3 Å². The van der Waals surface area contributed by atoms with Gasteiger partial charge in [0.15, 0.2) is 5.78 Å². The Hall–Kier alpha value is -2.50.